The quantitative estimate of drug-likeness (QED) is 0.256. The predicted octanol–water partition coefficient (Wildman–Crippen LogP) is -3.64. The number of nitrogens with zero attached hydrogens (tertiary/aromatic N) is 1. The number of hydrogen-bond acceptors (Lipinski definition) is 7. The van der Waals surface area contributed by atoms with E-state index in [2.05, 4.69) is 10.6 Å². The van der Waals surface area contributed by atoms with Crippen molar-refractivity contribution in [2.45, 2.75) is 44.0 Å². The molecule has 142 valence electrons. The molecular weight excluding hydrogens is 336 g/mol. The van der Waals surface area contributed by atoms with Crippen molar-refractivity contribution in [2.24, 2.45) is 5.73 Å². The number of likely N-dealkylation sites (tertiary alicyclic amines) is 1. The fourth-order valence-electron chi connectivity index (χ4n) is 2.39. The Morgan fingerprint density at radius 1 is 1.28 bits per heavy atom. The van der Waals surface area contributed by atoms with Crippen LogP contribution in [0.3, 0.4) is 0 Å². The summed E-state index contributed by atoms with van der Waals surface area (Å²) in [6.45, 7) is 0.387. The summed E-state index contributed by atoms with van der Waals surface area (Å²) in [7, 11) is 0. The molecule has 0 aromatic rings. The third kappa shape index (κ3) is 5.66. The number of nitrogens with one attached hydrogen (secondary N) is 2. The Morgan fingerprint density at radius 2 is 1.92 bits per heavy atom. The first-order valence-corrected chi connectivity index (χ1v) is 7.83. The van der Waals surface area contributed by atoms with Crippen molar-refractivity contribution in [3.05, 3.63) is 0 Å². The van der Waals surface area contributed by atoms with Gasteiger partial charge in [0, 0.05) is 6.54 Å². The summed E-state index contributed by atoms with van der Waals surface area (Å²) in [6, 6.07) is -3.54. The lowest BCUT2D eigenvalue weighted by atomic mass is 10.1. The average Bonchev–Trinajstić information content (AvgIpc) is 3.06. The molecule has 1 rings (SSSR count). The third-order valence-corrected chi connectivity index (χ3v) is 3.91. The number of rotatable bonds is 8. The average molecular weight is 360 g/mol. The zero-order valence-electron chi connectivity index (χ0n) is 13.8. The van der Waals surface area contributed by atoms with Crippen LogP contribution < -0.4 is 16.4 Å². The molecule has 4 unspecified atom stereocenters. The summed E-state index contributed by atoms with van der Waals surface area (Å²) in [5.41, 5.74) is 5.42. The number of nitrogens with two attached hydrogens (primary N) is 1. The van der Waals surface area contributed by atoms with Crippen LogP contribution >= 0.6 is 0 Å². The normalized spacial score (nSPS) is 20.5. The van der Waals surface area contributed by atoms with Gasteiger partial charge in [-0.2, -0.15) is 0 Å². The monoisotopic (exact) mass is 360 g/mol. The van der Waals surface area contributed by atoms with Crippen LogP contribution in [-0.2, 0) is 19.2 Å². The molecule has 3 amide bonds. The van der Waals surface area contributed by atoms with Gasteiger partial charge in [0.15, 0.2) is 0 Å². The van der Waals surface area contributed by atoms with Crippen molar-refractivity contribution in [1.29, 1.82) is 0 Å². The van der Waals surface area contributed by atoms with Crippen LogP contribution in [0.4, 0.5) is 0 Å². The fourth-order valence-corrected chi connectivity index (χ4v) is 2.39. The molecule has 1 aliphatic heterocycles. The molecule has 25 heavy (non-hydrogen) atoms. The van der Waals surface area contributed by atoms with E-state index in [-0.39, 0.29) is 6.54 Å². The number of aliphatic hydroxyl groups excluding tert-OH is 2. The number of carboxylic acids is 1. The second-order valence-electron chi connectivity index (χ2n) is 5.81. The van der Waals surface area contributed by atoms with Crippen molar-refractivity contribution < 1.29 is 34.5 Å². The molecule has 1 fully saturated rings. The standard InChI is InChI=1S/C14H24N4O7/c1-7(20)11(15)13(23)17-8(6-19)12(22)16-5-10(21)18-4-2-3-9(18)14(24)25/h7-9,11,19-20H,2-6,15H2,1H3,(H,16,22)(H,17,23)(H,24,25). The molecule has 0 saturated carbocycles. The van der Waals surface area contributed by atoms with Gasteiger partial charge in [-0.05, 0) is 19.8 Å². The van der Waals surface area contributed by atoms with Gasteiger partial charge in [0.2, 0.25) is 17.7 Å². The smallest absolute Gasteiger partial charge is 0.326 e. The number of aliphatic carboxylic acids is 1. The Kier molecular flexibility index (Phi) is 7.74. The van der Waals surface area contributed by atoms with Crippen LogP contribution in [0.1, 0.15) is 19.8 Å². The summed E-state index contributed by atoms with van der Waals surface area (Å²) in [5, 5.41) is 31.9. The van der Waals surface area contributed by atoms with Gasteiger partial charge in [-0.15, -0.1) is 0 Å². The molecule has 1 heterocycles. The molecule has 0 bridgehead atoms. The highest BCUT2D eigenvalue weighted by Crippen LogP contribution is 2.17. The molecule has 0 spiro atoms. The van der Waals surface area contributed by atoms with Gasteiger partial charge in [-0.25, -0.2) is 4.79 Å². The van der Waals surface area contributed by atoms with Crippen LogP contribution in [0.15, 0.2) is 0 Å². The van der Waals surface area contributed by atoms with E-state index in [1.54, 1.807) is 0 Å². The summed E-state index contributed by atoms with van der Waals surface area (Å²) >= 11 is 0. The van der Waals surface area contributed by atoms with Crippen LogP contribution in [-0.4, -0.2) is 87.8 Å². The van der Waals surface area contributed by atoms with Crippen LogP contribution in [0, 0.1) is 0 Å². The lowest BCUT2D eigenvalue weighted by Crippen LogP contribution is -2.56. The molecule has 7 N–H and O–H groups in total. The van der Waals surface area contributed by atoms with Crippen molar-refractivity contribution in [2.75, 3.05) is 19.7 Å². The Labute approximate surface area is 144 Å². The minimum Gasteiger partial charge on any atom is -0.480 e. The number of carbonyl (C=O) groups excluding carboxylic acids is 3. The lowest BCUT2D eigenvalue weighted by molar-refractivity contribution is -0.148. The second-order valence-corrected chi connectivity index (χ2v) is 5.81. The highest BCUT2D eigenvalue weighted by molar-refractivity contribution is 5.92. The van der Waals surface area contributed by atoms with E-state index in [0.29, 0.717) is 12.8 Å². The fraction of sp³-hybridized carbons (Fsp3) is 0.714. The predicted molar refractivity (Wildman–Crippen MR) is 84.1 cm³/mol. The van der Waals surface area contributed by atoms with Crippen LogP contribution in [0.5, 0.6) is 0 Å². The zero-order valence-corrected chi connectivity index (χ0v) is 13.8. The molecule has 0 radical (unpaired) electrons. The maximum Gasteiger partial charge on any atom is 0.326 e. The SMILES string of the molecule is CC(O)C(N)C(=O)NC(CO)C(=O)NCC(=O)N1CCCC1C(=O)O. The highest BCUT2D eigenvalue weighted by Gasteiger charge is 2.34. The molecule has 11 nitrogen and oxygen atoms in total. The summed E-state index contributed by atoms with van der Waals surface area (Å²) in [4.78, 5) is 47.9. The molecule has 0 aliphatic carbocycles. The van der Waals surface area contributed by atoms with Gasteiger partial charge in [-0.1, -0.05) is 0 Å². The number of hydrogen-bond donors (Lipinski definition) is 6. The summed E-state index contributed by atoms with van der Waals surface area (Å²) in [5.74, 6) is -3.33. The first-order valence-electron chi connectivity index (χ1n) is 7.83. The second kappa shape index (κ2) is 9.30. The molecule has 1 aliphatic rings. The molecule has 1 saturated heterocycles. The maximum absolute atomic E-state index is 12.0. The lowest BCUT2D eigenvalue weighted by Gasteiger charge is -2.23. The number of aliphatic hydroxyl groups is 2. The van der Waals surface area contributed by atoms with E-state index in [9.17, 15) is 29.4 Å². The highest BCUT2D eigenvalue weighted by atomic mass is 16.4. The molecule has 0 aromatic carbocycles. The number of carbonyl (C=O) groups is 4. The molecular formula is C14H24N4O7. The Hall–Kier alpha value is -2.24. The summed E-state index contributed by atoms with van der Waals surface area (Å²) < 4.78 is 0. The minimum atomic E-state index is -1.35. The molecule has 0 aromatic heterocycles. The Bertz CT molecular complexity index is 525. The van der Waals surface area contributed by atoms with Gasteiger partial charge in [0.1, 0.15) is 18.1 Å². The van der Waals surface area contributed by atoms with E-state index >= 15 is 0 Å². The van der Waals surface area contributed by atoms with Crippen molar-refractivity contribution in [3.63, 3.8) is 0 Å². The molecule has 4 atom stereocenters. The van der Waals surface area contributed by atoms with E-state index in [0.717, 1.165) is 0 Å². The van der Waals surface area contributed by atoms with Crippen LogP contribution in [0.2, 0.25) is 0 Å². The van der Waals surface area contributed by atoms with Gasteiger partial charge in [0.05, 0.1) is 19.3 Å². The summed E-state index contributed by atoms with van der Waals surface area (Å²) in [6.07, 6.45) is -0.239. The first kappa shape index (κ1) is 20.8. The minimum absolute atomic E-state index is 0.287. The van der Waals surface area contributed by atoms with E-state index in [4.69, 9.17) is 10.8 Å². The van der Waals surface area contributed by atoms with Gasteiger partial charge in [0.25, 0.3) is 0 Å². The first-order chi connectivity index (χ1) is 11.7. The van der Waals surface area contributed by atoms with Gasteiger partial charge in [-0.3, -0.25) is 14.4 Å². The van der Waals surface area contributed by atoms with Gasteiger partial charge >= 0.3 is 5.97 Å². The number of carboxylic acid groups (broad SMARTS) is 1. The van der Waals surface area contributed by atoms with E-state index < -0.39 is 61.1 Å². The van der Waals surface area contributed by atoms with Gasteiger partial charge < -0.3 is 36.6 Å². The zero-order chi connectivity index (χ0) is 19.1. The van der Waals surface area contributed by atoms with Crippen molar-refractivity contribution >= 4 is 23.7 Å². The largest absolute Gasteiger partial charge is 0.480 e. The topological polar surface area (TPSA) is 182 Å². The third-order valence-electron chi connectivity index (χ3n) is 3.91. The van der Waals surface area contributed by atoms with E-state index in [1.807, 2.05) is 0 Å². The Morgan fingerprint density at radius 3 is 2.44 bits per heavy atom. The maximum atomic E-state index is 12.0. The van der Waals surface area contributed by atoms with E-state index in [1.165, 1.54) is 11.8 Å². The van der Waals surface area contributed by atoms with Crippen LogP contribution in [0.25, 0.3) is 0 Å². The van der Waals surface area contributed by atoms with Crippen molar-refractivity contribution in [3.8, 4) is 0 Å². The Balaban J connectivity index is 2.54. The van der Waals surface area contributed by atoms with Crippen molar-refractivity contribution in [1.82, 2.24) is 15.5 Å². The molecule has 11 heteroatoms. The number of amides is 3.